The van der Waals surface area contributed by atoms with Gasteiger partial charge in [0.05, 0.1) is 0 Å². The zero-order valence-electron chi connectivity index (χ0n) is 14.5. The second kappa shape index (κ2) is 5.74. The molecule has 0 aromatic heterocycles. The zero-order chi connectivity index (χ0) is 17.1. The van der Waals surface area contributed by atoms with E-state index in [1.54, 1.807) is 4.42 Å². The Balaban J connectivity index is 1.71. The number of Topliss-reactive ketones (excluding diaryl/α,β-unsaturated/α-hetero) is 1. The topological polar surface area (TPSA) is 40.5 Å². The summed E-state index contributed by atoms with van der Waals surface area (Å²) in [4.78, 5) is 12.8. The number of ketones is 1. The Morgan fingerprint density at radius 3 is 2.92 bits per heavy atom. The van der Waals surface area contributed by atoms with Gasteiger partial charge in [-0.05, 0) is 84.4 Å². The van der Waals surface area contributed by atoms with E-state index >= 15 is 0 Å². The molecule has 0 aliphatic heterocycles. The van der Waals surface area contributed by atoms with E-state index in [0.29, 0.717) is 41.6 Å². The van der Waals surface area contributed by atoms with Crippen LogP contribution in [-0.2, 0) is 11.2 Å². The maximum absolute atomic E-state index is 12.8. The van der Waals surface area contributed by atoms with Crippen molar-refractivity contribution in [1.82, 2.24) is 4.42 Å². The van der Waals surface area contributed by atoms with Crippen LogP contribution in [0.2, 0.25) is 0 Å². The highest BCUT2D eigenvalue weighted by molar-refractivity contribution is 6.13. The molecule has 1 aromatic rings. The summed E-state index contributed by atoms with van der Waals surface area (Å²) in [5, 5.41) is 9.79. The van der Waals surface area contributed by atoms with Gasteiger partial charge in [-0.25, -0.2) is 4.42 Å². The maximum atomic E-state index is 12.8. The molecule has 3 nitrogen and oxygen atoms in total. The van der Waals surface area contributed by atoms with Gasteiger partial charge in [-0.1, -0.05) is 13.0 Å². The lowest BCUT2D eigenvalue weighted by Crippen LogP contribution is -2.45. The summed E-state index contributed by atoms with van der Waals surface area (Å²) < 4.78 is 1.72. The summed E-state index contributed by atoms with van der Waals surface area (Å²) in [6.45, 7) is 3.00. The third-order valence-corrected chi connectivity index (χ3v) is 7.18. The Bertz CT molecular complexity index is 674. The van der Waals surface area contributed by atoms with Gasteiger partial charge in [-0.2, -0.15) is 0 Å². The molecule has 2 saturated carbocycles. The number of rotatable bonds is 2. The second-order valence-corrected chi connectivity index (χ2v) is 8.93. The smallest absolute Gasteiger partial charge is 0.139 e. The number of halogens is 1. The number of phenolic OH excluding ortho intramolecular Hbond substituents is 1. The molecule has 4 heteroatoms. The van der Waals surface area contributed by atoms with Crippen LogP contribution in [0, 0.1) is 23.2 Å². The van der Waals surface area contributed by atoms with Crippen LogP contribution in [0.1, 0.15) is 49.7 Å². The molecular formula is C20H26ClNO2. The van der Waals surface area contributed by atoms with Crippen molar-refractivity contribution in [3.8, 4) is 5.75 Å². The number of hydrogen-bond acceptors (Lipinski definition) is 3. The van der Waals surface area contributed by atoms with E-state index in [1.165, 1.54) is 11.1 Å². The summed E-state index contributed by atoms with van der Waals surface area (Å²) in [7, 11) is 1.89. The second-order valence-electron chi connectivity index (χ2n) is 8.35. The predicted molar refractivity (Wildman–Crippen MR) is 95.1 cm³/mol. The van der Waals surface area contributed by atoms with Gasteiger partial charge < -0.3 is 5.11 Å². The highest BCUT2D eigenvalue weighted by Crippen LogP contribution is 2.61. The molecule has 0 unspecified atom stereocenters. The van der Waals surface area contributed by atoms with Gasteiger partial charge in [0.25, 0.3) is 0 Å². The van der Waals surface area contributed by atoms with Gasteiger partial charge in [-0.3, -0.25) is 4.79 Å². The Hall–Kier alpha value is -1.06. The molecule has 3 aliphatic rings. The summed E-state index contributed by atoms with van der Waals surface area (Å²) in [6, 6.07) is 5.87. The number of phenols is 1. The van der Waals surface area contributed by atoms with Gasteiger partial charge in [0.2, 0.25) is 0 Å². The number of nitrogens with zero attached hydrogens (tertiary/aromatic N) is 1. The van der Waals surface area contributed by atoms with E-state index in [2.05, 4.69) is 13.0 Å². The van der Waals surface area contributed by atoms with Crippen molar-refractivity contribution in [3.63, 3.8) is 0 Å². The van der Waals surface area contributed by atoms with Gasteiger partial charge in [-0.15, -0.1) is 0 Å². The van der Waals surface area contributed by atoms with E-state index < -0.39 is 0 Å². The van der Waals surface area contributed by atoms with Gasteiger partial charge in [0, 0.05) is 25.4 Å². The minimum atomic E-state index is -0.160. The minimum absolute atomic E-state index is 0.160. The van der Waals surface area contributed by atoms with Gasteiger partial charge in [0.15, 0.2) is 0 Å². The number of aromatic hydroxyl groups is 1. The largest absolute Gasteiger partial charge is 0.508 e. The predicted octanol–water partition coefficient (Wildman–Crippen LogP) is 4.13. The molecule has 0 heterocycles. The molecule has 5 atom stereocenters. The molecule has 1 aromatic carbocycles. The van der Waals surface area contributed by atoms with Crippen LogP contribution >= 0.6 is 11.8 Å². The van der Waals surface area contributed by atoms with Crippen LogP contribution in [0.3, 0.4) is 0 Å². The van der Waals surface area contributed by atoms with Crippen LogP contribution in [0.5, 0.6) is 5.75 Å². The van der Waals surface area contributed by atoms with E-state index in [1.807, 2.05) is 19.2 Å². The van der Waals surface area contributed by atoms with E-state index in [4.69, 9.17) is 11.8 Å². The Morgan fingerprint density at radius 2 is 2.17 bits per heavy atom. The number of carbonyl (C=O) groups is 1. The number of benzene rings is 1. The molecule has 0 amide bonds. The quantitative estimate of drug-likeness (QED) is 0.818. The Kier molecular flexibility index (Phi) is 3.92. The number of aryl methyl sites for hydroxylation is 1. The molecule has 2 fully saturated rings. The molecule has 4 rings (SSSR count). The van der Waals surface area contributed by atoms with E-state index in [0.717, 1.165) is 32.2 Å². The van der Waals surface area contributed by atoms with E-state index in [-0.39, 0.29) is 5.41 Å². The number of carbonyl (C=O) groups excluding carboxylic acids is 1. The van der Waals surface area contributed by atoms with Crippen LogP contribution in [-0.4, -0.2) is 28.9 Å². The molecule has 0 saturated heterocycles. The van der Waals surface area contributed by atoms with Gasteiger partial charge in [0.1, 0.15) is 11.5 Å². The van der Waals surface area contributed by atoms with Crippen LogP contribution in [0.4, 0.5) is 0 Å². The first-order chi connectivity index (χ1) is 11.4. The summed E-state index contributed by atoms with van der Waals surface area (Å²) in [6.07, 6.45) is 4.89. The standard InChI is InChI=1S/C20H26ClNO2/c1-20-8-7-16-15-6-4-14(23)9-12(15)3-5-17(16)19(20)13(10-18(20)24)11-22(2)21/h4,6,9,13,16-17,19,23H,3,5,7-8,10-11H2,1-2H3/t13-,16-,17-,19+,20-/m1/s1. The van der Waals surface area contributed by atoms with Crippen molar-refractivity contribution in [1.29, 1.82) is 0 Å². The Labute approximate surface area is 149 Å². The van der Waals surface area contributed by atoms with Crippen molar-refractivity contribution in [2.24, 2.45) is 23.2 Å². The third-order valence-electron chi connectivity index (χ3n) is 7.04. The van der Waals surface area contributed by atoms with Crippen molar-refractivity contribution in [3.05, 3.63) is 29.3 Å². The first kappa shape index (κ1) is 16.4. The monoisotopic (exact) mass is 347 g/mol. The van der Waals surface area contributed by atoms with Crippen molar-refractivity contribution >= 4 is 17.6 Å². The SMILES string of the molecule is CN(Cl)C[C@H]1CC(=O)[C@@]2(C)CC[C@@H]3c4ccc(O)cc4CC[C@H]3[C@H]12. The highest BCUT2D eigenvalue weighted by atomic mass is 35.5. The first-order valence-corrected chi connectivity index (χ1v) is 9.46. The lowest BCUT2D eigenvalue weighted by atomic mass is 9.54. The average molecular weight is 348 g/mol. The lowest BCUT2D eigenvalue weighted by Gasteiger charge is -2.50. The fourth-order valence-electron chi connectivity index (χ4n) is 6.11. The van der Waals surface area contributed by atoms with Crippen molar-refractivity contribution in [2.45, 2.75) is 44.9 Å². The van der Waals surface area contributed by atoms with Crippen LogP contribution < -0.4 is 0 Å². The lowest BCUT2D eigenvalue weighted by molar-refractivity contribution is -0.129. The van der Waals surface area contributed by atoms with Crippen molar-refractivity contribution in [2.75, 3.05) is 13.6 Å². The third kappa shape index (κ3) is 2.40. The minimum Gasteiger partial charge on any atom is -0.508 e. The van der Waals surface area contributed by atoms with Gasteiger partial charge >= 0.3 is 0 Å². The molecule has 0 bridgehead atoms. The number of fused-ring (bicyclic) bond motifs is 5. The maximum Gasteiger partial charge on any atom is 0.139 e. The zero-order valence-corrected chi connectivity index (χ0v) is 15.2. The molecule has 0 radical (unpaired) electrons. The first-order valence-electron chi connectivity index (χ1n) is 9.12. The molecular weight excluding hydrogens is 322 g/mol. The molecule has 1 N–H and O–H groups in total. The molecule has 130 valence electrons. The van der Waals surface area contributed by atoms with Crippen LogP contribution in [0.15, 0.2) is 18.2 Å². The number of hydrogen-bond donors (Lipinski definition) is 1. The van der Waals surface area contributed by atoms with Crippen molar-refractivity contribution < 1.29 is 9.90 Å². The normalized spacial score (nSPS) is 37.9. The summed E-state index contributed by atoms with van der Waals surface area (Å²) in [5.41, 5.74) is 2.55. The molecule has 24 heavy (non-hydrogen) atoms. The molecule has 0 spiro atoms. The summed E-state index contributed by atoms with van der Waals surface area (Å²) in [5.74, 6) is 2.72. The fourth-order valence-corrected chi connectivity index (χ4v) is 6.29. The highest BCUT2D eigenvalue weighted by Gasteiger charge is 2.58. The fraction of sp³-hybridized carbons (Fsp3) is 0.650. The average Bonchev–Trinajstić information content (AvgIpc) is 2.77. The Morgan fingerprint density at radius 1 is 1.38 bits per heavy atom. The van der Waals surface area contributed by atoms with Crippen LogP contribution in [0.25, 0.3) is 0 Å². The molecule has 3 aliphatic carbocycles. The van der Waals surface area contributed by atoms with E-state index in [9.17, 15) is 9.90 Å². The summed E-state index contributed by atoms with van der Waals surface area (Å²) >= 11 is 6.15.